The summed E-state index contributed by atoms with van der Waals surface area (Å²) in [6.45, 7) is 8.13. The summed E-state index contributed by atoms with van der Waals surface area (Å²) in [4.78, 5) is 14.7. The minimum Gasteiger partial charge on any atom is -0.396 e. The maximum absolute atomic E-state index is 12.7. The number of urea groups is 1. The highest BCUT2D eigenvalue weighted by Gasteiger charge is 2.30. The van der Waals surface area contributed by atoms with Crippen molar-refractivity contribution in [3.05, 3.63) is 35.4 Å². The molecule has 1 aliphatic rings. The summed E-state index contributed by atoms with van der Waals surface area (Å²) < 4.78 is 0. The first-order valence-corrected chi connectivity index (χ1v) is 9.23. The van der Waals surface area contributed by atoms with Gasteiger partial charge in [-0.15, -0.1) is 0 Å². The Kier molecular flexibility index (Phi) is 7.10. The number of rotatable bonds is 7. The summed E-state index contributed by atoms with van der Waals surface area (Å²) in [5, 5.41) is 12.3. The number of amides is 2. The quantitative estimate of drug-likeness (QED) is 0.796. The molecule has 0 saturated carbocycles. The summed E-state index contributed by atoms with van der Waals surface area (Å²) in [7, 11) is 0. The molecule has 1 heterocycles. The Balaban J connectivity index is 1.96. The largest absolute Gasteiger partial charge is 0.396 e. The fraction of sp³-hybridized carbons (Fsp3) is 0.650. The second kappa shape index (κ2) is 9.07. The molecular weight excluding hydrogens is 300 g/mol. The lowest BCUT2D eigenvalue weighted by atomic mass is 9.94. The summed E-state index contributed by atoms with van der Waals surface area (Å²) in [6.07, 6.45) is 3.87. The molecule has 0 aromatic heterocycles. The van der Waals surface area contributed by atoms with E-state index in [0.717, 1.165) is 32.2 Å². The fourth-order valence-electron chi connectivity index (χ4n) is 3.78. The van der Waals surface area contributed by atoms with Gasteiger partial charge in [0.15, 0.2) is 0 Å². The Hall–Kier alpha value is -1.55. The zero-order valence-electron chi connectivity index (χ0n) is 15.3. The standard InChI is InChI=1S/C20H32N2O2/c1-15(2)13-17(10-12-23)14-21-20(24)22-11-6-9-19(22)18-8-5-4-7-16(18)3/h4-5,7-8,15,17,19,23H,6,9-14H2,1-3H3,(H,21,24). The van der Waals surface area contributed by atoms with E-state index in [4.69, 9.17) is 0 Å². The zero-order valence-corrected chi connectivity index (χ0v) is 15.3. The van der Waals surface area contributed by atoms with Crippen molar-refractivity contribution in [3.8, 4) is 0 Å². The Morgan fingerprint density at radius 2 is 2.12 bits per heavy atom. The van der Waals surface area contributed by atoms with Gasteiger partial charge in [0.1, 0.15) is 0 Å². The Bertz CT molecular complexity index is 530. The average Bonchev–Trinajstić information content (AvgIpc) is 3.02. The number of aliphatic hydroxyl groups is 1. The molecule has 1 aromatic rings. The van der Waals surface area contributed by atoms with Gasteiger partial charge in [0, 0.05) is 19.7 Å². The van der Waals surface area contributed by atoms with Crippen LogP contribution in [0.25, 0.3) is 0 Å². The molecule has 2 amide bonds. The van der Waals surface area contributed by atoms with Crippen LogP contribution in [0.3, 0.4) is 0 Å². The zero-order chi connectivity index (χ0) is 17.5. The van der Waals surface area contributed by atoms with Crippen molar-refractivity contribution >= 4 is 6.03 Å². The van der Waals surface area contributed by atoms with Gasteiger partial charge in [-0.25, -0.2) is 4.79 Å². The number of hydrogen-bond acceptors (Lipinski definition) is 2. The molecule has 2 atom stereocenters. The first-order valence-electron chi connectivity index (χ1n) is 9.23. The highest BCUT2D eigenvalue weighted by Crippen LogP contribution is 2.33. The molecule has 1 fully saturated rings. The van der Waals surface area contributed by atoms with Gasteiger partial charge in [0.2, 0.25) is 0 Å². The van der Waals surface area contributed by atoms with Gasteiger partial charge < -0.3 is 15.3 Å². The molecule has 4 nitrogen and oxygen atoms in total. The van der Waals surface area contributed by atoms with Crippen molar-refractivity contribution in [2.75, 3.05) is 19.7 Å². The van der Waals surface area contributed by atoms with E-state index < -0.39 is 0 Å². The second-order valence-corrected chi connectivity index (χ2v) is 7.40. The van der Waals surface area contributed by atoms with E-state index >= 15 is 0 Å². The summed E-state index contributed by atoms with van der Waals surface area (Å²) in [5.74, 6) is 0.920. The molecule has 1 saturated heterocycles. The first kappa shape index (κ1) is 18.8. The Morgan fingerprint density at radius 1 is 1.38 bits per heavy atom. The molecule has 134 valence electrons. The highest BCUT2D eigenvalue weighted by molar-refractivity contribution is 5.75. The van der Waals surface area contributed by atoms with Crippen molar-refractivity contribution in [2.45, 2.75) is 52.5 Å². The van der Waals surface area contributed by atoms with Gasteiger partial charge in [-0.05, 0) is 55.6 Å². The number of aryl methyl sites for hydroxylation is 1. The minimum absolute atomic E-state index is 0.0347. The molecule has 1 aromatic carbocycles. The van der Waals surface area contributed by atoms with Crippen molar-refractivity contribution in [3.63, 3.8) is 0 Å². The van der Waals surface area contributed by atoms with E-state index in [9.17, 15) is 9.90 Å². The molecule has 1 aliphatic heterocycles. The Labute approximate surface area is 146 Å². The van der Waals surface area contributed by atoms with Gasteiger partial charge in [-0.3, -0.25) is 0 Å². The SMILES string of the molecule is Cc1ccccc1C1CCCN1C(=O)NCC(CCO)CC(C)C. The number of carbonyl (C=O) groups is 1. The van der Waals surface area contributed by atoms with Gasteiger partial charge in [0.25, 0.3) is 0 Å². The third-order valence-corrected chi connectivity index (χ3v) is 4.95. The molecule has 4 heteroatoms. The van der Waals surface area contributed by atoms with Gasteiger partial charge in [-0.1, -0.05) is 38.1 Å². The summed E-state index contributed by atoms with van der Waals surface area (Å²) >= 11 is 0. The van der Waals surface area contributed by atoms with Crippen LogP contribution in [0.15, 0.2) is 24.3 Å². The number of nitrogens with zero attached hydrogens (tertiary/aromatic N) is 1. The van der Waals surface area contributed by atoms with Crippen LogP contribution in [0.5, 0.6) is 0 Å². The fourth-order valence-corrected chi connectivity index (χ4v) is 3.78. The maximum Gasteiger partial charge on any atom is 0.317 e. The number of nitrogens with one attached hydrogen (secondary N) is 1. The van der Waals surface area contributed by atoms with Crippen LogP contribution in [0, 0.1) is 18.8 Å². The van der Waals surface area contributed by atoms with Crippen LogP contribution < -0.4 is 5.32 Å². The van der Waals surface area contributed by atoms with Crippen LogP contribution in [0.1, 0.15) is 56.7 Å². The average molecular weight is 332 g/mol. The van der Waals surface area contributed by atoms with E-state index in [1.165, 1.54) is 11.1 Å². The van der Waals surface area contributed by atoms with Crippen LogP contribution in [0.2, 0.25) is 0 Å². The smallest absolute Gasteiger partial charge is 0.317 e. The molecule has 0 bridgehead atoms. The van der Waals surface area contributed by atoms with Crippen LogP contribution in [-0.4, -0.2) is 35.7 Å². The molecular formula is C20H32N2O2. The number of hydrogen-bond donors (Lipinski definition) is 2. The maximum atomic E-state index is 12.7. The normalized spacial score (nSPS) is 18.9. The van der Waals surface area contributed by atoms with E-state index in [1.54, 1.807) is 0 Å². The van der Waals surface area contributed by atoms with Crippen molar-refractivity contribution in [1.29, 1.82) is 0 Å². The molecule has 0 radical (unpaired) electrons. The third kappa shape index (κ3) is 4.97. The molecule has 24 heavy (non-hydrogen) atoms. The van der Waals surface area contributed by atoms with Crippen molar-refractivity contribution in [2.24, 2.45) is 11.8 Å². The molecule has 0 spiro atoms. The van der Waals surface area contributed by atoms with Gasteiger partial charge >= 0.3 is 6.03 Å². The number of aliphatic hydroxyl groups excluding tert-OH is 1. The number of benzene rings is 1. The molecule has 2 unspecified atom stereocenters. The topological polar surface area (TPSA) is 52.6 Å². The van der Waals surface area contributed by atoms with Crippen molar-refractivity contribution in [1.82, 2.24) is 10.2 Å². The molecule has 0 aliphatic carbocycles. The molecule has 2 N–H and O–H groups in total. The summed E-state index contributed by atoms with van der Waals surface area (Å²) in [6, 6.07) is 8.57. The van der Waals surface area contributed by atoms with E-state index in [1.807, 2.05) is 11.0 Å². The lowest BCUT2D eigenvalue weighted by molar-refractivity contribution is 0.186. The van der Waals surface area contributed by atoms with Crippen LogP contribution in [-0.2, 0) is 0 Å². The van der Waals surface area contributed by atoms with E-state index in [2.05, 4.69) is 44.3 Å². The highest BCUT2D eigenvalue weighted by atomic mass is 16.3. The second-order valence-electron chi connectivity index (χ2n) is 7.40. The van der Waals surface area contributed by atoms with E-state index in [0.29, 0.717) is 18.4 Å². The van der Waals surface area contributed by atoms with Crippen LogP contribution >= 0.6 is 0 Å². The lowest BCUT2D eigenvalue weighted by Crippen LogP contribution is -2.41. The predicted molar refractivity (Wildman–Crippen MR) is 97.9 cm³/mol. The van der Waals surface area contributed by atoms with Gasteiger partial charge in [0.05, 0.1) is 6.04 Å². The van der Waals surface area contributed by atoms with E-state index in [-0.39, 0.29) is 18.7 Å². The Morgan fingerprint density at radius 3 is 2.79 bits per heavy atom. The number of carbonyl (C=O) groups excluding carboxylic acids is 1. The summed E-state index contributed by atoms with van der Waals surface area (Å²) in [5.41, 5.74) is 2.51. The first-order chi connectivity index (χ1) is 11.5. The number of likely N-dealkylation sites (tertiary alicyclic amines) is 1. The monoisotopic (exact) mass is 332 g/mol. The third-order valence-electron chi connectivity index (χ3n) is 4.95. The minimum atomic E-state index is 0.0347. The lowest BCUT2D eigenvalue weighted by Gasteiger charge is -2.28. The van der Waals surface area contributed by atoms with Crippen LogP contribution in [0.4, 0.5) is 4.79 Å². The van der Waals surface area contributed by atoms with Gasteiger partial charge in [-0.2, -0.15) is 0 Å². The van der Waals surface area contributed by atoms with Crippen molar-refractivity contribution < 1.29 is 9.90 Å². The molecule has 2 rings (SSSR count). The predicted octanol–water partition coefficient (Wildman–Crippen LogP) is 3.89.